The molecule has 0 unspecified atom stereocenters. The average molecular weight is 390 g/mol. The molecule has 1 N–H and O–H groups in total. The quantitative estimate of drug-likeness (QED) is 0.752. The average Bonchev–Trinajstić information content (AvgIpc) is 2.62. The number of benzene rings is 2. The van der Waals surface area contributed by atoms with Gasteiger partial charge in [-0.1, -0.05) is 17.7 Å². The van der Waals surface area contributed by atoms with Crippen molar-refractivity contribution in [2.75, 3.05) is 40.4 Å². The molecule has 0 atom stereocenters. The Morgan fingerprint density at radius 3 is 1.93 bits per heavy atom. The standard InChI is InChI=1S/C20H27N3O3S/c1-5-22(6-2)18-13-9-17(10-14-18)21-20(24)15-23(27(4,25)26)19-11-7-16(3)8-12-19/h7-14H,5-6,15H2,1-4H3,(H,21,24). The van der Waals surface area contributed by atoms with Gasteiger partial charge >= 0.3 is 0 Å². The van der Waals surface area contributed by atoms with Gasteiger partial charge in [-0.25, -0.2) is 8.42 Å². The van der Waals surface area contributed by atoms with Crippen molar-refractivity contribution in [3.63, 3.8) is 0 Å². The molecule has 0 heterocycles. The molecular weight excluding hydrogens is 362 g/mol. The lowest BCUT2D eigenvalue weighted by Crippen LogP contribution is -2.37. The zero-order chi connectivity index (χ0) is 20.0. The molecule has 0 saturated carbocycles. The van der Waals surface area contributed by atoms with Gasteiger partial charge in [0.2, 0.25) is 15.9 Å². The van der Waals surface area contributed by atoms with Crippen LogP contribution in [0.3, 0.4) is 0 Å². The highest BCUT2D eigenvalue weighted by Gasteiger charge is 2.20. The number of carbonyl (C=O) groups excluding carboxylic acids is 1. The first-order valence-corrected chi connectivity index (χ1v) is 10.8. The summed E-state index contributed by atoms with van der Waals surface area (Å²) in [4.78, 5) is 14.6. The Morgan fingerprint density at radius 1 is 0.926 bits per heavy atom. The van der Waals surface area contributed by atoms with E-state index in [2.05, 4.69) is 24.1 Å². The number of hydrogen-bond donors (Lipinski definition) is 1. The molecular formula is C20H27N3O3S. The van der Waals surface area contributed by atoms with Crippen molar-refractivity contribution in [1.82, 2.24) is 0 Å². The fraction of sp³-hybridized carbons (Fsp3) is 0.350. The van der Waals surface area contributed by atoms with E-state index in [1.807, 2.05) is 43.3 Å². The van der Waals surface area contributed by atoms with Crippen LogP contribution in [0.5, 0.6) is 0 Å². The van der Waals surface area contributed by atoms with E-state index in [0.717, 1.165) is 34.9 Å². The Hall–Kier alpha value is -2.54. The molecule has 2 rings (SSSR count). The molecule has 6 nitrogen and oxygen atoms in total. The summed E-state index contributed by atoms with van der Waals surface area (Å²) < 4.78 is 25.4. The highest BCUT2D eigenvalue weighted by atomic mass is 32.2. The SMILES string of the molecule is CCN(CC)c1ccc(NC(=O)CN(c2ccc(C)cc2)S(C)(=O)=O)cc1. The molecule has 0 aromatic heterocycles. The number of anilines is 3. The molecule has 7 heteroatoms. The Labute approximate surface area is 161 Å². The fourth-order valence-electron chi connectivity index (χ4n) is 2.79. The van der Waals surface area contributed by atoms with Gasteiger partial charge < -0.3 is 10.2 Å². The van der Waals surface area contributed by atoms with E-state index >= 15 is 0 Å². The van der Waals surface area contributed by atoms with Gasteiger partial charge in [-0.3, -0.25) is 9.10 Å². The zero-order valence-electron chi connectivity index (χ0n) is 16.3. The number of nitrogens with one attached hydrogen (secondary N) is 1. The van der Waals surface area contributed by atoms with Gasteiger partial charge in [-0.2, -0.15) is 0 Å². The third-order valence-electron chi connectivity index (χ3n) is 4.29. The Balaban J connectivity index is 2.11. The van der Waals surface area contributed by atoms with Crippen LogP contribution < -0.4 is 14.5 Å². The van der Waals surface area contributed by atoms with Crippen molar-refractivity contribution in [2.24, 2.45) is 0 Å². The first-order chi connectivity index (χ1) is 12.7. The van der Waals surface area contributed by atoms with Crippen LogP contribution in [0.1, 0.15) is 19.4 Å². The molecule has 0 spiro atoms. The zero-order valence-corrected chi connectivity index (χ0v) is 17.1. The van der Waals surface area contributed by atoms with Crippen molar-refractivity contribution in [2.45, 2.75) is 20.8 Å². The summed E-state index contributed by atoms with van der Waals surface area (Å²) in [7, 11) is -3.58. The molecule has 0 aliphatic heterocycles. The highest BCUT2D eigenvalue weighted by molar-refractivity contribution is 7.92. The normalized spacial score (nSPS) is 11.1. The minimum absolute atomic E-state index is 0.278. The van der Waals surface area contributed by atoms with Gasteiger partial charge in [0, 0.05) is 24.5 Å². The van der Waals surface area contributed by atoms with Crippen LogP contribution in [-0.4, -0.2) is 40.2 Å². The second kappa shape index (κ2) is 8.90. The topological polar surface area (TPSA) is 69.7 Å². The summed E-state index contributed by atoms with van der Waals surface area (Å²) in [5.41, 5.74) is 3.20. The minimum Gasteiger partial charge on any atom is -0.372 e. The van der Waals surface area contributed by atoms with Gasteiger partial charge in [0.05, 0.1) is 11.9 Å². The molecule has 0 saturated heterocycles. The summed E-state index contributed by atoms with van der Waals surface area (Å²) in [6.45, 7) is 7.63. The second-order valence-electron chi connectivity index (χ2n) is 6.37. The van der Waals surface area contributed by atoms with Crippen LogP contribution in [0.25, 0.3) is 0 Å². The first kappa shape index (κ1) is 20.8. The predicted octanol–water partition coefficient (Wildman–Crippen LogP) is 3.25. The lowest BCUT2D eigenvalue weighted by Gasteiger charge is -2.23. The summed E-state index contributed by atoms with van der Waals surface area (Å²) >= 11 is 0. The van der Waals surface area contributed by atoms with E-state index in [9.17, 15) is 13.2 Å². The predicted molar refractivity (Wildman–Crippen MR) is 112 cm³/mol. The number of aryl methyl sites for hydroxylation is 1. The van der Waals surface area contributed by atoms with Gasteiger partial charge in [0.1, 0.15) is 6.54 Å². The van der Waals surface area contributed by atoms with Crippen LogP contribution >= 0.6 is 0 Å². The second-order valence-corrected chi connectivity index (χ2v) is 8.28. The van der Waals surface area contributed by atoms with Crippen LogP contribution in [0.4, 0.5) is 17.1 Å². The van der Waals surface area contributed by atoms with Crippen LogP contribution in [-0.2, 0) is 14.8 Å². The Kier molecular flexibility index (Phi) is 6.85. The molecule has 0 aliphatic rings. The van der Waals surface area contributed by atoms with Gasteiger partial charge in [0.25, 0.3) is 0 Å². The van der Waals surface area contributed by atoms with Crippen LogP contribution in [0.15, 0.2) is 48.5 Å². The molecule has 27 heavy (non-hydrogen) atoms. The Morgan fingerprint density at radius 2 is 1.44 bits per heavy atom. The van der Waals surface area contributed by atoms with E-state index in [-0.39, 0.29) is 6.54 Å². The third-order valence-corrected chi connectivity index (χ3v) is 5.43. The first-order valence-electron chi connectivity index (χ1n) is 8.93. The maximum absolute atomic E-state index is 12.4. The van der Waals surface area contributed by atoms with Crippen molar-refractivity contribution in [3.05, 3.63) is 54.1 Å². The maximum atomic E-state index is 12.4. The molecule has 2 aromatic rings. The number of rotatable bonds is 8. The van der Waals surface area contributed by atoms with Crippen molar-refractivity contribution < 1.29 is 13.2 Å². The number of sulfonamides is 1. The third kappa shape index (κ3) is 5.72. The highest BCUT2D eigenvalue weighted by Crippen LogP contribution is 2.20. The van der Waals surface area contributed by atoms with E-state index < -0.39 is 15.9 Å². The Bertz CT molecular complexity index is 858. The summed E-state index contributed by atoms with van der Waals surface area (Å²) in [5, 5.41) is 2.76. The van der Waals surface area contributed by atoms with Crippen LogP contribution in [0, 0.1) is 6.92 Å². The molecule has 0 radical (unpaired) electrons. The monoisotopic (exact) mass is 389 g/mol. The van der Waals surface area contributed by atoms with E-state index in [1.54, 1.807) is 12.1 Å². The smallest absolute Gasteiger partial charge is 0.245 e. The van der Waals surface area contributed by atoms with Crippen molar-refractivity contribution >= 4 is 33.0 Å². The number of carbonyl (C=O) groups is 1. The fourth-order valence-corrected chi connectivity index (χ4v) is 3.64. The lowest BCUT2D eigenvalue weighted by molar-refractivity contribution is -0.114. The van der Waals surface area contributed by atoms with Gasteiger partial charge in [-0.15, -0.1) is 0 Å². The molecule has 0 fully saturated rings. The molecule has 1 amide bonds. The van der Waals surface area contributed by atoms with Gasteiger partial charge in [-0.05, 0) is 57.2 Å². The largest absolute Gasteiger partial charge is 0.372 e. The maximum Gasteiger partial charge on any atom is 0.245 e. The number of amides is 1. The minimum atomic E-state index is -3.58. The van der Waals surface area contributed by atoms with E-state index in [1.165, 1.54) is 0 Å². The summed E-state index contributed by atoms with van der Waals surface area (Å²) in [5.74, 6) is -0.392. The van der Waals surface area contributed by atoms with Gasteiger partial charge in [0.15, 0.2) is 0 Å². The van der Waals surface area contributed by atoms with Crippen LogP contribution in [0.2, 0.25) is 0 Å². The molecule has 0 aliphatic carbocycles. The summed E-state index contributed by atoms with van der Waals surface area (Å²) in [6.07, 6.45) is 1.10. The summed E-state index contributed by atoms with van der Waals surface area (Å²) in [6, 6.07) is 14.6. The van der Waals surface area contributed by atoms with Crippen molar-refractivity contribution in [3.8, 4) is 0 Å². The number of hydrogen-bond acceptors (Lipinski definition) is 4. The van der Waals surface area contributed by atoms with E-state index in [4.69, 9.17) is 0 Å². The van der Waals surface area contributed by atoms with E-state index in [0.29, 0.717) is 11.4 Å². The molecule has 146 valence electrons. The number of nitrogens with zero attached hydrogens (tertiary/aromatic N) is 2. The lowest BCUT2D eigenvalue weighted by atomic mass is 10.2. The molecule has 0 bridgehead atoms. The van der Waals surface area contributed by atoms with Crippen molar-refractivity contribution in [1.29, 1.82) is 0 Å². The molecule has 2 aromatic carbocycles.